The highest BCUT2D eigenvalue weighted by Gasteiger charge is 2.22. The van der Waals surface area contributed by atoms with Gasteiger partial charge in [0.1, 0.15) is 5.58 Å². The molecule has 1 N–H and O–H groups in total. The summed E-state index contributed by atoms with van der Waals surface area (Å²) in [5.41, 5.74) is 2.17. The van der Waals surface area contributed by atoms with Crippen molar-refractivity contribution in [2.75, 3.05) is 5.32 Å². The largest absolute Gasteiger partial charge is 0.450 e. The number of carbonyl (C=O) groups excluding carboxylic acids is 2. The van der Waals surface area contributed by atoms with Crippen LogP contribution < -0.4 is 5.32 Å². The topological polar surface area (TPSA) is 59.3 Å². The van der Waals surface area contributed by atoms with Crippen LogP contribution >= 0.6 is 27.5 Å². The molecule has 0 atom stereocenters. The number of rotatable bonds is 5. The normalized spacial score (nSPS) is 11.1. The van der Waals surface area contributed by atoms with Crippen LogP contribution in [0.5, 0.6) is 0 Å². The van der Waals surface area contributed by atoms with E-state index in [2.05, 4.69) is 21.2 Å². The van der Waals surface area contributed by atoms with Crippen molar-refractivity contribution in [1.82, 2.24) is 0 Å². The minimum Gasteiger partial charge on any atom is -0.450 e. The summed E-state index contributed by atoms with van der Waals surface area (Å²) in [5.74, 6) is -0.594. The summed E-state index contributed by atoms with van der Waals surface area (Å²) in [6, 6.07) is 21.3. The van der Waals surface area contributed by atoms with E-state index < -0.39 is 0 Å². The number of fused-ring (bicyclic) bond motifs is 1. The smallest absolute Gasteiger partial charge is 0.248 e. The van der Waals surface area contributed by atoms with Gasteiger partial charge >= 0.3 is 0 Å². The van der Waals surface area contributed by atoms with E-state index >= 15 is 0 Å². The SMILES string of the molecule is O=C(C=Cc1ccc(Cl)cc1)Nc1c(C(=O)c2ccc(Br)cc2)oc2ccccc12. The minimum absolute atomic E-state index is 0.0896. The summed E-state index contributed by atoms with van der Waals surface area (Å²) in [5, 5.41) is 4.08. The second kappa shape index (κ2) is 8.69. The van der Waals surface area contributed by atoms with Crippen LogP contribution in [-0.2, 0) is 4.79 Å². The molecule has 0 saturated heterocycles. The molecule has 3 aromatic carbocycles. The van der Waals surface area contributed by atoms with Gasteiger partial charge in [0.2, 0.25) is 11.7 Å². The second-order valence-corrected chi connectivity index (χ2v) is 7.86. The number of furan rings is 1. The maximum atomic E-state index is 13.0. The van der Waals surface area contributed by atoms with Gasteiger partial charge in [-0.2, -0.15) is 0 Å². The summed E-state index contributed by atoms with van der Waals surface area (Å²) < 4.78 is 6.67. The predicted octanol–water partition coefficient (Wildman–Crippen LogP) is 6.73. The summed E-state index contributed by atoms with van der Waals surface area (Å²) in [6.07, 6.45) is 3.07. The second-order valence-electron chi connectivity index (χ2n) is 6.51. The van der Waals surface area contributed by atoms with E-state index in [-0.39, 0.29) is 17.5 Å². The van der Waals surface area contributed by atoms with Crippen LogP contribution in [0.4, 0.5) is 5.69 Å². The van der Waals surface area contributed by atoms with Gasteiger partial charge in [-0.15, -0.1) is 0 Å². The standard InChI is InChI=1S/C24H15BrClNO3/c25-17-10-8-16(9-11-17)23(29)24-22(19-3-1-2-4-20(19)30-24)27-21(28)14-7-15-5-12-18(26)13-6-15/h1-14H,(H,27,28). The first-order valence-corrected chi connectivity index (χ1v) is 10.2. The lowest BCUT2D eigenvalue weighted by Crippen LogP contribution is -2.11. The molecule has 0 aliphatic heterocycles. The van der Waals surface area contributed by atoms with Crippen LogP contribution in [0.1, 0.15) is 21.7 Å². The molecule has 0 unspecified atom stereocenters. The zero-order valence-electron chi connectivity index (χ0n) is 15.6. The molecule has 30 heavy (non-hydrogen) atoms. The fraction of sp³-hybridized carbons (Fsp3) is 0. The van der Waals surface area contributed by atoms with Crippen LogP contribution in [0.2, 0.25) is 5.02 Å². The van der Waals surface area contributed by atoms with Crippen molar-refractivity contribution in [1.29, 1.82) is 0 Å². The minimum atomic E-state index is -0.374. The molecule has 0 spiro atoms. The molecule has 1 heterocycles. The monoisotopic (exact) mass is 479 g/mol. The Morgan fingerprint density at radius 1 is 0.933 bits per heavy atom. The number of anilines is 1. The first kappa shape index (κ1) is 20.1. The Labute approximate surface area is 186 Å². The van der Waals surface area contributed by atoms with Gasteiger partial charge in [0.15, 0.2) is 5.76 Å². The van der Waals surface area contributed by atoms with Crippen molar-refractivity contribution >= 4 is 62.0 Å². The molecule has 4 aromatic rings. The van der Waals surface area contributed by atoms with Crippen LogP contribution in [-0.4, -0.2) is 11.7 Å². The number of hydrogen-bond acceptors (Lipinski definition) is 3. The number of ketones is 1. The van der Waals surface area contributed by atoms with E-state index in [4.69, 9.17) is 16.0 Å². The summed E-state index contributed by atoms with van der Waals surface area (Å²) in [6.45, 7) is 0. The number of carbonyl (C=O) groups is 2. The van der Waals surface area contributed by atoms with E-state index in [1.54, 1.807) is 54.6 Å². The third kappa shape index (κ3) is 4.37. The van der Waals surface area contributed by atoms with Gasteiger partial charge in [0.05, 0.1) is 5.69 Å². The van der Waals surface area contributed by atoms with Crippen molar-refractivity contribution in [2.24, 2.45) is 0 Å². The number of hydrogen-bond donors (Lipinski definition) is 1. The van der Waals surface area contributed by atoms with Crippen LogP contribution in [0.25, 0.3) is 17.0 Å². The van der Waals surface area contributed by atoms with Crippen molar-refractivity contribution in [3.63, 3.8) is 0 Å². The number of para-hydroxylation sites is 1. The fourth-order valence-electron chi connectivity index (χ4n) is 2.97. The Bertz CT molecular complexity index is 1260. The molecule has 0 fully saturated rings. The van der Waals surface area contributed by atoms with Crippen molar-refractivity contribution in [3.05, 3.63) is 105 Å². The Hall–Kier alpha value is -3.15. The van der Waals surface area contributed by atoms with Gasteiger partial charge in [-0.05, 0) is 60.2 Å². The van der Waals surface area contributed by atoms with Gasteiger partial charge in [-0.1, -0.05) is 51.8 Å². The number of amides is 1. The van der Waals surface area contributed by atoms with Crippen LogP contribution in [0.15, 0.2) is 87.8 Å². The third-order valence-electron chi connectivity index (χ3n) is 4.45. The Morgan fingerprint density at radius 2 is 1.63 bits per heavy atom. The number of nitrogens with one attached hydrogen (secondary N) is 1. The van der Waals surface area contributed by atoms with E-state index in [0.717, 1.165) is 10.0 Å². The molecule has 0 aliphatic carbocycles. The maximum Gasteiger partial charge on any atom is 0.248 e. The lowest BCUT2D eigenvalue weighted by atomic mass is 10.1. The quantitative estimate of drug-likeness (QED) is 0.254. The summed E-state index contributed by atoms with van der Waals surface area (Å²) in [7, 11) is 0. The average Bonchev–Trinajstić information content (AvgIpc) is 3.12. The first-order valence-electron chi connectivity index (χ1n) is 9.08. The molecule has 4 rings (SSSR count). The van der Waals surface area contributed by atoms with Crippen LogP contribution in [0, 0.1) is 0 Å². The van der Waals surface area contributed by atoms with Crippen molar-refractivity contribution in [3.8, 4) is 0 Å². The highest BCUT2D eigenvalue weighted by Crippen LogP contribution is 2.32. The number of benzene rings is 3. The zero-order valence-corrected chi connectivity index (χ0v) is 17.9. The van der Waals surface area contributed by atoms with Crippen molar-refractivity contribution < 1.29 is 14.0 Å². The molecular weight excluding hydrogens is 466 g/mol. The molecule has 0 bridgehead atoms. The fourth-order valence-corrected chi connectivity index (χ4v) is 3.36. The average molecular weight is 481 g/mol. The lowest BCUT2D eigenvalue weighted by Gasteiger charge is -2.04. The lowest BCUT2D eigenvalue weighted by molar-refractivity contribution is -0.111. The molecule has 1 aromatic heterocycles. The van der Waals surface area contributed by atoms with Crippen LogP contribution in [0.3, 0.4) is 0 Å². The molecule has 0 radical (unpaired) electrons. The van der Waals surface area contributed by atoms with Gasteiger partial charge in [0.25, 0.3) is 0 Å². The Morgan fingerprint density at radius 3 is 2.37 bits per heavy atom. The van der Waals surface area contributed by atoms with E-state index in [0.29, 0.717) is 27.2 Å². The maximum absolute atomic E-state index is 13.0. The van der Waals surface area contributed by atoms with E-state index in [1.165, 1.54) is 6.08 Å². The molecule has 0 saturated carbocycles. The molecule has 0 aliphatic rings. The third-order valence-corrected chi connectivity index (χ3v) is 5.23. The summed E-state index contributed by atoms with van der Waals surface area (Å²) >= 11 is 9.24. The molecular formula is C24H15BrClNO3. The Kier molecular flexibility index (Phi) is 5.84. The van der Waals surface area contributed by atoms with E-state index in [1.807, 2.05) is 24.3 Å². The predicted molar refractivity (Wildman–Crippen MR) is 123 cm³/mol. The highest BCUT2D eigenvalue weighted by atomic mass is 79.9. The molecule has 4 nitrogen and oxygen atoms in total. The Balaban J connectivity index is 1.66. The van der Waals surface area contributed by atoms with Crippen molar-refractivity contribution in [2.45, 2.75) is 0 Å². The first-order chi connectivity index (χ1) is 14.5. The van der Waals surface area contributed by atoms with Gasteiger partial charge < -0.3 is 9.73 Å². The highest BCUT2D eigenvalue weighted by molar-refractivity contribution is 9.10. The van der Waals surface area contributed by atoms with Gasteiger partial charge in [0, 0.05) is 26.5 Å². The summed E-state index contributed by atoms with van der Waals surface area (Å²) in [4.78, 5) is 25.6. The zero-order chi connectivity index (χ0) is 21.1. The molecule has 6 heteroatoms. The number of halogens is 2. The molecule has 148 valence electrons. The molecule has 1 amide bonds. The van der Waals surface area contributed by atoms with Gasteiger partial charge in [-0.25, -0.2) is 0 Å². The van der Waals surface area contributed by atoms with E-state index in [9.17, 15) is 9.59 Å². The van der Waals surface area contributed by atoms with Gasteiger partial charge in [-0.3, -0.25) is 9.59 Å².